The zero-order valence-electron chi connectivity index (χ0n) is 10.5. The Labute approximate surface area is 124 Å². The molecule has 1 aromatic heterocycles. The maximum Gasteiger partial charge on any atom is 0.408 e. The van der Waals surface area contributed by atoms with E-state index >= 15 is 0 Å². The van der Waals surface area contributed by atoms with Crippen molar-refractivity contribution < 1.29 is 26.7 Å². The summed E-state index contributed by atoms with van der Waals surface area (Å²) in [5, 5.41) is 6.03. The van der Waals surface area contributed by atoms with Crippen LogP contribution in [0.5, 0.6) is 0 Å². The summed E-state index contributed by atoms with van der Waals surface area (Å²) in [5.74, 6) is 0. The Kier molecular flexibility index (Phi) is 6.52. The van der Waals surface area contributed by atoms with Crippen LogP contribution in [-0.4, -0.2) is 42.1 Å². The van der Waals surface area contributed by atoms with E-state index in [0.29, 0.717) is 0 Å². The highest BCUT2D eigenvalue weighted by atomic mass is 79.9. The van der Waals surface area contributed by atoms with Crippen LogP contribution < -0.4 is 10.9 Å². The molecule has 0 amide bonds. The van der Waals surface area contributed by atoms with Crippen LogP contribution in [0.2, 0.25) is 0 Å². The molecule has 0 saturated heterocycles. The molecule has 1 N–H and O–H groups in total. The predicted octanol–water partition coefficient (Wildman–Crippen LogP) is 2.26. The number of halogens is 6. The van der Waals surface area contributed by atoms with Gasteiger partial charge in [-0.2, -0.15) is 18.3 Å². The van der Waals surface area contributed by atoms with Gasteiger partial charge in [-0.1, -0.05) is 0 Å². The summed E-state index contributed by atoms with van der Waals surface area (Å²) in [6, 6.07) is 0. The van der Waals surface area contributed by atoms with Crippen molar-refractivity contribution >= 4 is 21.6 Å². The lowest BCUT2D eigenvalue weighted by molar-refractivity contribution is -0.143. The van der Waals surface area contributed by atoms with E-state index in [1.165, 1.54) is 0 Å². The van der Waals surface area contributed by atoms with Crippen LogP contribution in [0.1, 0.15) is 0 Å². The SMILES string of the molecule is O=c1c(Br)c(NCCOCC(F)F)cnn1CC(F)(F)F. The van der Waals surface area contributed by atoms with Crippen molar-refractivity contribution in [3.63, 3.8) is 0 Å². The second-order valence-electron chi connectivity index (χ2n) is 3.84. The minimum Gasteiger partial charge on any atom is -0.380 e. The number of hydrogen-bond donors (Lipinski definition) is 1. The summed E-state index contributed by atoms with van der Waals surface area (Å²) in [5.41, 5.74) is -0.801. The molecular weight excluding hydrogens is 369 g/mol. The van der Waals surface area contributed by atoms with Crippen molar-refractivity contribution in [3.05, 3.63) is 21.0 Å². The average molecular weight is 380 g/mol. The maximum absolute atomic E-state index is 12.2. The van der Waals surface area contributed by atoms with E-state index in [0.717, 1.165) is 6.20 Å². The van der Waals surface area contributed by atoms with Crippen molar-refractivity contribution in [2.75, 3.05) is 25.1 Å². The Hall–Kier alpha value is -1.23. The average Bonchev–Trinajstić information content (AvgIpc) is 2.35. The Morgan fingerprint density at radius 2 is 2.10 bits per heavy atom. The van der Waals surface area contributed by atoms with Crippen molar-refractivity contribution in [2.24, 2.45) is 0 Å². The lowest BCUT2D eigenvalue weighted by atomic mass is 10.4. The van der Waals surface area contributed by atoms with Gasteiger partial charge in [0.15, 0.2) is 0 Å². The van der Waals surface area contributed by atoms with Crippen LogP contribution >= 0.6 is 15.9 Å². The van der Waals surface area contributed by atoms with Crippen LogP contribution in [0, 0.1) is 0 Å². The molecule has 1 rings (SSSR count). The summed E-state index contributed by atoms with van der Waals surface area (Å²) < 4.78 is 64.9. The van der Waals surface area contributed by atoms with E-state index in [4.69, 9.17) is 0 Å². The zero-order valence-corrected chi connectivity index (χ0v) is 12.0. The molecule has 0 unspecified atom stereocenters. The fourth-order valence-corrected chi connectivity index (χ4v) is 1.75. The molecule has 0 aliphatic rings. The van der Waals surface area contributed by atoms with Gasteiger partial charge in [0, 0.05) is 6.54 Å². The number of anilines is 1. The molecule has 1 heterocycles. The number of alkyl halides is 5. The highest BCUT2D eigenvalue weighted by molar-refractivity contribution is 9.10. The van der Waals surface area contributed by atoms with E-state index in [-0.39, 0.29) is 28.0 Å². The van der Waals surface area contributed by atoms with Crippen molar-refractivity contribution in [1.29, 1.82) is 0 Å². The standard InChI is InChI=1S/C10H11BrF5N3O2/c11-8-6(17-1-2-21-4-7(12)13)3-18-19(9(8)20)5-10(14,15)16/h3,7,17H,1-2,4-5H2. The van der Waals surface area contributed by atoms with E-state index in [2.05, 4.69) is 31.1 Å². The van der Waals surface area contributed by atoms with Gasteiger partial charge in [0.05, 0.1) is 18.5 Å². The number of hydrogen-bond acceptors (Lipinski definition) is 4. The van der Waals surface area contributed by atoms with Crippen molar-refractivity contribution in [1.82, 2.24) is 9.78 Å². The Bertz CT molecular complexity index is 520. The molecule has 0 aromatic carbocycles. The molecular formula is C10H11BrF5N3O2. The zero-order chi connectivity index (χ0) is 16.0. The fourth-order valence-electron chi connectivity index (χ4n) is 1.30. The molecule has 0 saturated carbocycles. The van der Waals surface area contributed by atoms with Crippen LogP contribution in [-0.2, 0) is 11.3 Å². The first-order valence-electron chi connectivity index (χ1n) is 5.63. The Balaban J connectivity index is 2.61. The largest absolute Gasteiger partial charge is 0.408 e. The lowest BCUT2D eigenvalue weighted by Crippen LogP contribution is -2.31. The normalized spacial score (nSPS) is 12.0. The lowest BCUT2D eigenvalue weighted by Gasteiger charge is -2.12. The summed E-state index contributed by atoms with van der Waals surface area (Å²) in [6.07, 6.45) is -6.11. The maximum atomic E-state index is 12.2. The summed E-state index contributed by atoms with van der Waals surface area (Å²) in [4.78, 5) is 11.6. The van der Waals surface area contributed by atoms with E-state index in [1.807, 2.05) is 0 Å². The topological polar surface area (TPSA) is 56.1 Å². The quantitative estimate of drug-likeness (QED) is 0.583. The number of ether oxygens (including phenoxy) is 1. The highest BCUT2D eigenvalue weighted by Gasteiger charge is 2.29. The predicted molar refractivity (Wildman–Crippen MR) is 67.6 cm³/mol. The monoisotopic (exact) mass is 379 g/mol. The number of aromatic nitrogens is 2. The van der Waals surface area contributed by atoms with Gasteiger partial charge >= 0.3 is 6.18 Å². The van der Waals surface area contributed by atoms with Gasteiger partial charge in [0.1, 0.15) is 17.6 Å². The Morgan fingerprint density at radius 1 is 1.43 bits per heavy atom. The summed E-state index contributed by atoms with van der Waals surface area (Å²) in [6.45, 7) is -2.17. The summed E-state index contributed by atoms with van der Waals surface area (Å²) >= 11 is 2.87. The van der Waals surface area contributed by atoms with Crippen molar-refractivity contribution in [2.45, 2.75) is 19.1 Å². The second-order valence-corrected chi connectivity index (χ2v) is 4.64. The third-order valence-corrected chi connectivity index (χ3v) is 2.89. The molecule has 0 fully saturated rings. The Morgan fingerprint density at radius 3 is 2.67 bits per heavy atom. The first kappa shape index (κ1) is 17.8. The smallest absolute Gasteiger partial charge is 0.380 e. The van der Waals surface area contributed by atoms with Gasteiger partial charge in [-0.05, 0) is 15.9 Å². The van der Waals surface area contributed by atoms with E-state index in [1.54, 1.807) is 0 Å². The van der Waals surface area contributed by atoms with Gasteiger partial charge in [0.2, 0.25) is 0 Å². The third-order valence-electron chi connectivity index (χ3n) is 2.12. The molecule has 0 radical (unpaired) electrons. The van der Waals surface area contributed by atoms with E-state index in [9.17, 15) is 26.7 Å². The molecule has 11 heteroatoms. The first-order valence-corrected chi connectivity index (χ1v) is 6.42. The molecule has 0 aliphatic carbocycles. The molecule has 0 atom stereocenters. The minimum atomic E-state index is -4.56. The van der Waals surface area contributed by atoms with Gasteiger partial charge in [0.25, 0.3) is 12.0 Å². The molecule has 0 spiro atoms. The third kappa shape index (κ3) is 6.38. The fraction of sp³-hybridized carbons (Fsp3) is 0.600. The van der Waals surface area contributed by atoms with Crippen molar-refractivity contribution in [3.8, 4) is 0 Å². The molecule has 120 valence electrons. The minimum absolute atomic E-state index is 0.0532. The van der Waals surface area contributed by atoms with Gasteiger partial charge in [-0.15, -0.1) is 0 Å². The first-order chi connectivity index (χ1) is 9.70. The van der Waals surface area contributed by atoms with Crippen LogP contribution in [0.3, 0.4) is 0 Å². The van der Waals surface area contributed by atoms with Gasteiger partial charge in [-0.25, -0.2) is 13.5 Å². The molecule has 5 nitrogen and oxygen atoms in total. The number of nitrogens with zero attached hydrogens (tertiary/aromatic N) is 2. The van der Waals surface area contributed by atoms with Crippen LogP contribution in [0.4, 0.5) is 27.6 Å². The molecule has 0 bridgehead atoms. The molecule has 0 aliphatic heterocycles. The van der Waals surface area contributed by atoms with Gasteiger partial charge < -0.3 is 10.1 Å². The highest BCUT2D eigenvalue weighted by Crippen LogP contribution is 2.19. The van der Waals surface area contributed by atoms with Crippen LogP contribution in [0.25, 0.3) is 0 Å². The van der Waals surface area contributed by atoms with E-state index < -0.39 is 31.3 Å². The summed E-state index contributed by atoms with van der Waals surface area (Å²) in [7, 11) is 0. The molecule has 21 heavy (non-hydrogen) atoms. The van der Waals surface area contributed by atoms with Gasteiger partial charge in [-0.3, -0.25) is 4.79 Å². The number of nitrogens with one attached hydrogen (secondary N) is 1. The number of rotatable bonds is 7. The van der Waals surface area contributed by atoms with Crippen LogP contribution in [0.15, 0.2) is 15.5 Å². The second kappa shape index (κ2) is 7.69. The molecule has 1 aromatic rings.